The molecule has 1 aliphatic heterocycles. The summed E-state index contributed by atoms with van der Waals surface area (Å²) in [5.41, 5.74) is 5.69. The third-order valence-electron chi connectivity index (χ3n) is 3.12. The van der Waals surface area contributed by atoms with Gasteiger partial charge in [-0.2, -0.15) is 0 Å². The number of hydrogen-bond donors (Lipinski definition) is 1. The third kappa shape index (κ3) is 1.52. The van der Waals surface area contributed by atoms with Crippen LogP contribution in [0.1, 0.15) is 18.3 Å². The van der Waals surface area contributed by atoms with Crippen molar-refractivity contribution in [1.29, 1.82) is 0 Å². The topological polar surface area (TPSA) is 64.2 Å². The summed E-state index contributed by atoms with van der Waals surface area (Å²) in [7, 11) is 3.75. The second kappa shape index (κ2) is 3.66. The Morgan fingerprint density at radius 3 is 2.87 bits per heavy atom. The maximum Gasteiger partial charge on any atom is 0.223 e. The molecule has 5 nitrogen and oxygen atoms in total. The van der Waals surface area contributed by atoms with Gasteiger partial charge in [0.1, 0.15) is 5.82 Å². The molecule has 0 aliphatic carbocycles. The van der Waals surface area contributed by atoms with Crippen LogP contribution in [0, 0.1) is 5.92 Å². The number of amides is 1. The van der Waals surface area contributed by atoms with Gasteiger partial charge in [-0.05, 0) is 6.54 Å². The molecule has 5 heteroatoms. The molecule has 1 aromatic rings. The van der Waals surface area contributed by atoms with Gasteiger partial charge in [0.15, 0.2) is 0 Å². The van der Waals surface area contributed by atoms with Crippen LogP contribution in [-0.2, 0) is 11.8 Å². The van der Waals surface area contributed by atoms with E-state index in [0.29, 0.717) is 13.0 Å². The molecule has 1 aromatic heterocycles. The van der Waals surface area contributed by atoms with E-state index in [2.05, 4.69) is 4.98 Å². The van der Waals surface area contributed by atoms with Gasteiger partial charge in [0.2, 0.25) is 5.91 Å². The van der Waals surface area contributed by atoms with Crippen LogP contribution in [0.4, 0.5) is 0 Å². The molecule has 2 rings (SSSR count). The molecule has 2 heterocycles. The minimum Gasteiger partial charge on any atom is -0.336 e. The Hall–Kier alpha value is -1.36. The van der Waals surface area contributed by atoms with Gasteiger partial charge in [-0.3, -0.25) is 4.79 Å². The molecular formula is C10H16N4O. The fourth-order valence-electron chi connectivity index (χ4n) is 2.21. The van der Waals surface area contributed by atoms with E-state index in [1.54, 1.807) is 11.1 Å². The normalized spacial score (nSPS) is 26.3. The predicted molar refractivity (Wildman–Crippen MR) is 55.9 cm³/mol. The number of nitrogens with two attached hydrogens (primary N) is 1. The number of aryl methyl sites for hydroxylation is 1. The van der Waals surface area contributed by atoms with Gasteiger partial charge >= 0.3 is 0 Å². The van der Waals surface area contributed by atoms with E-state index in [1.165, 1.54) is 0 Å². The van der Waals surface area contributed by atoms with Gasteiger partial charge in [-0.1, -0.05) is 0 Å². The minimum absolute atomic E-state index is 0.0301. The third-order valence-corrected chi connectivity index (χ3v) is 3.12. The lowest BCUT2D eigenvalue weighted by Gasteiger charge is -2.23. The quantitative estimate of drug-likeness (QED) is 0.738. The van der Waals surface area contributed by atoms with Gasteiger partial charge in [-0.25, -0.2) is 4.98 Å². The number of likely N-dealkylation sites (tertiary alicyclic amines) is 1. The van der Waals surface area contributed by atoms with E-state index in [0.717, 1.165) is 5.82 Å². The molecule has 82 valence electrons. The van der Waals surface area contributed by atoms with E-state index >= 15 is 0 Å². The highest BCUT2D eigenvalue weighted by Gasteiger charge is 2.39. The molecule has 2 atom stereocenters. The molecule has 0 saturated carbocycles. The summed E-state index contributed by atoms with van der Waals surface area (Å²) >= 11 is 0. The van der Waals surface area contributed by atoms with E-state index < -0.39 is 0 Å². The highest BCUT2D eigenvalue weighted by molar-refractivity contribution is 5.79. The molecule has 0 bridgehead atoms. The standard InChI is InChI=1S/C10H16N4O/c1-13-4-3-12-10(13)9-7(6-11)5-8(15)14(9)2/h3-4,7,9H,5-6,11H2,1-2H3/t7-,9+/m1/s1. The fourth-order valence-corrected chi connectivity index (χ4v) is 2.21. The zero-order valence-corrected chi connectivity index (χ0v) is 9.05. The first-order valence-corrected chi connectivity index (χ1v) is 5.08. The summed E-state index contributed by atoms with van der Waals surface area (Å²) in [5.74, 6) is 1.25. The maximum absolute atomic E-state index is 11.6. The molecule has 1 fully saturated rings. The lowest BCUT2D eigenvalue weighted by molar-refractivity contribution is -0.127. The lowest BCUT2D eigenvalue weighted by Crippen LogP contribution is -2.28. The largest absolute Gasteiger partial charge is 0.336 e. The maximum atomic E-state index is 11.6. The van der Waals surface area contributed by atoms with E-state index in [-0.39, 0.29) is 17.9 Å². The van der Waals surface area contributed by atoms with Crippen molar-refractivity contribution in [2.24, 2.45) is 18.7 Å². The number of carbonyl (C=O) groups is 1. The first-order valence-electron chi connectivity index (χ1n) is 5.08. The van der Waals surface area contributed by atoms with Crippen molar-refractivity contribution < 1.29 is 4.79 Å². The van der Waals surface area contributed by atoms with E-state index in [9.17, 15) is 4.79 Å². The summed E-state index contributed by atoms with van der Waals surface area (Å²) in [6.45, 7) is 0.521. The second-order valence-corrected chi connectivity index (χ2v) is 4.05. The Balaban J connectivity index is 2.34. The van der Waals surface area contributed by atoms with Crippen molar-refractivity contribution in [3.05, 3.63) is 18.2 Å². The van der Waals surface area contributed by atoms with Crippen LogP contribution < -0.4 is 5.73 Å². The molecule has 1 amide bonds. The summed E-state index contributed by atoms with van der Waals surface area (Å²) in [6, 6.07) is 0.0301. The van der Waals surface area contributed by atoms with Crippen LogP contribution in [0.25, 0.3) is 0 Å². The number of hydrogen-bond acceptors (Lipinski definition) is 3. The van der Waals surface area contributed by atoms with Gasteiger partial charge < -0.3 is 15.2 Å². The smallest absolute Gasteiger partial charge is 0.223 e. The summed E-state index contributed by atoms with van der Waals surface area (Å²) in [4.78, 5) is 17.6. The van der Waals surface area contributed by atoms with Crippen molar-refractivity contribution in [2.75, 3.05) is 13.6 Å². The highest BCUT2D eigenvalue weighted by Crippen LogP contribution is 2.34. The van der Waals surface area contributed by atoms with Crippen molar-refractivity contribution >= 4 is 5.91 Å². The summed E-state index contributed by atoms with van der Waals surface area (Å²) in [5, 5.41) is 0. The van der Waals surface area contributed by atoms with Crippen LogP contribution in [0.2, 0.25) is 0 Å². The van der Waals surface area contributed by atoms with Crippen LogP contribution in [0.15, 0.2) is 12.4 Å². The zero-order chi connectivity index (χ0) is 11.0. The average Bonchev–Trinajstić information content (AvgIpc) is 2.73. The second-order valence-electron chi connectivity index (χ2n) is 4.05. The number of imidazole rings is 1. The van der Waals surface area contributed by atoms with Crippen molar-refractivity contribution in [2.45, 2.75) is 12.5 Å². The fraction of sp³-hybridized carbons (Fsp3) is 0.600. The van der Waals surface area contributed by atoms with Gasteiger partial charge in [-0.15, -0.1) is 0 Å². The summed E-state index contributed by atoms with van der Waals surface area (Å²) in [6.07, 6.45) is 4.17. The number of rotatable bonds is 2. The van der Waals surface area contributed by atoms with Gasteiger partial charge in [0.25, 0.3) is 0 Å². The summed E-state index contributed by atoms with van der Waals surface area (Å²) < 4.78 is 1.95. The SMILES string of the molecule is CN1C(=O)C[C@H](CN)[C@H]1c1nccn1C. The Labute approximate surface area is 88.9 Å². The molecule has 0 aromatic carbocycles. The van der Waals surface area contributed by atoms with Crippen molar-refractivity contribution in [1.82, 2.24) is 14.5 Å². The molecule has 0 spiro atoms. The first kappa shape index (κ1) is 10.2. The first-order chi connectivity index (χ1) is 7.15. The van der Waals surface area contributed by atoms with Crippen molar-refractivity contribution in [3.8, 4) is 0 Å². The Kier molecular flexibility index (Phi) is 2.48. The lowest BCUT2D eigenvalue weighted by atomic mass is 10.00. The van der Waals surface area contributed by atoms with E-state index in [4.69, 9.17) is 5.73 Å². The van der Waals surface area contributed by atoms with Crippen LogP contribution in [0.5, 0.6) is 0 Å². The number of aromatic nitrogens is 2. The predicted octanol–water partition coefficient (Wildman–Crippen LogP) is -0.102. The number of nitrogens with zero attached hydrogens (tertiary/aromatic N) is 3. The van der Waals surface area contributed by atoms with Crippen LogP contribution >= 0.6 is 0 Å². The monoisotopic (exact) mass is 208 g/mol. The van der Waals surface area contributed by atoms with E-state index in [1.807, 2.05) is 24.9 Å². The molecule has 2 N–H and O–H groups in total. The molecule has 0 unspecified atom stereocenters. The van der Waals surface area contributed by atoms with Gasteiger partial charge in [0, 0.05) is 38.8 Å². The zero-order valence-electron chi connectivity index (χ0n) is 9.05. The van der Waals surface area contributed by atoms with Gasteiger partial charge in [0.05, 0.1) is 6.04 Å². The Morgan fingerprint density at radius 2 is 2.33 bits per heavy atom. The molecule has 15 heavy (non-hydrogen) atoms. The molecule has 1 saturated heterocycles. The molecular weight excluding hydrogens is 192 g/mol. The molecule has 1 aliphatic rings. The minimum atomic E-state index is 0.0301. The Bertz CT molecular complexity index is 373. The number of carbonyl (C=O) groups excluding carboxylic acids is 1. The van der Waals surface area contributed by atoms with Crippen LogP contribution in [-0.4, -0.2) is 34.0 Å². The highest BCUT2D eigenvalue weighted by atomic mass is 16.2. The Morgan fingerprint density at radius 1 is 1.60 bits per heavy atom. The van der Waals surface area contributed by atoms with Crippen LogP contribution in [0.3, 0.4) is 0 Å². The molecule has 0 radical (unpaired) electrons. The van der Waals surface area contributed by atoms with Crippen molar-refractivity contribution in [3.63, 3.8) is 0 Å². The average molecular weight is 208 g/mol.